The van der Waals surface area contributed by atoms with E-state index < -0.39 is 0 Å². The van der Waals surface area contributed by atoms with Gasteiger partial charge in [0.1, 0.15) is 13.2 Å². The quantitative estimate of drug-likeness (QED) is 0.508. The van der Waals surface area contributed by atoms with Crippen LogP contribution in [0.15, 0.2) is 54.0 Å². The van der Waals surface area contributed by atoms with Gasteiger partial charge in [-0.1, -0.05) is 12.1 Å². The number of aromatic nitrogens is 3. The van der Waals surface area contributed by atoms with Gasteiger partial charge in [0.2, 0.25) is 0 Å². The second kappa shape index (κ2) is 7.64. The average molecular weight is 418 g/mol. The molecule has 2 N–H and O–H groups in total. The Kier molecular flexibility index (Phi) is 4.68. The van der Waals surface area contributed by atoms with E-state index >= 15 is 0 Å². The van der Waals surface area contributed by atoms with Gasteiger partial charge in [0.05, 0.1) is 28.2 Å². The number of nitrogens with one attached hydrogen (secondary N) is 2. The first-order chi connectivity index (χ1) is 14.7. The van der Waals surface area contributed by atoms with E-state index in [-0.39, 0.29) is 5.91 Å². The Bertz CT molecular complexity index is 1230. The maximum absolute atomic E-state index is 13.0. The fourth-order valence-electron chi connectivity index (χ4n) is 3.33. The summed E-state index contributed by atoms with van der Waals surface area (Å²) < 4.78 is 11.2. The van der Waals surface area contributed by atoms with E-state index in [1.807, 2.05) is 54.8 Å². The summed E-state index contributed by atoms with van der Waals surface area (Å²) in [5.74, 6) is 1.11. The van der Waals surface area contributed by atoms with Gasteiger partial charge >= 0.3 is 0 Å². The lowest BCUT2D eigenvalue weighted by Crippen LogP contribution is -2.15. The molecule has 4 aromatic rings. The Labute approximate surface area is 176 Å². The van der Waals surface area contributed by atoms with Crippen LogP contribution in [0.2, 0.25) is 0 Å². The number of hydrogen-bond donors (Lipinski definition) is 2. The van der Waals surface area contributed by atoms with Crippen LogP contribution >= 0.6 is 11.3 Å². The molecule has 1 aliphatic heterocycles. The Balaban J connectivity index is 1.40. The lowest BCUT2D eigenvalue weighted by Gasteiger charge is -2.18. The smallest absolute Gasteiger partial charge is 0.259 e. The molecule has 5 rings (SSSR count). The van der Waals surface area contributed by atoms with Gasteiger partial charge < -0.3 is 14.8 Å². The molecule has 0 unspecified atom stereocenters. The lowest BCUT2D eigenvalue weighted by molar-refractivity contribution is 0.102. The van der Waals surface area contributed by atoms with Crippen molar-refractivity contribution in [3.63, 3.8) is 0 Å². The number of amides is 1. The van der Waals surface area contributed by atoms with Crippen LogP contribution in [0.4, 0.5) is 5.69 Å². The fraction of sp³-hybridized carbons (Fsp3) is 0.136. The lowest BCUT2D eigenvalue weighted by atomic mass is 10.1. The molecule has 0 fully saturated rings. The van der Waals surface area contributed by atoms with Gasteiger partial charge in [-0.3, -0.25) is 9.89 Å². The normalized spacial score (nSPS) is 12.6. The number of carbonyl (C=O) groups is 1. The third-order valence-corrected chi connectivity index (χ3v) is 5.52. The van der Waals surface area contributed by atoms with Crippen LogP contribution in [0.5, 0.6) is 11.5 Å². The number of carbonyl (C=O) groups excluding carboxylic acids is 1. The Hall–Kier alpha value is -3.65. The number of hydrogen-bond acceptors (Lipinski definition) is 6. The van der Waals surface area contributed by atoms with Crippen molar-refractivity contribution in [3.05, 3.63) is 64.6 Å². The Morgan fingerprint density at radius 1 is 1.10 bits per heavy atom. The second-order valence-corrected chi connectivity index (χ2v) is 7.87. The average Bonchev–Trinajstić information content (AvgIpc) is 3.43. The van der Waals surface area contributed by atoms with E-state index in [9.17, 15) is 4.79 Å². The van der Waals surface area contributed by atoms with Gasteiger partial charge in [0.15, 0.2) is 11.5 Å². The minimum Gasteiger partial charge on any atom is -0.486 e. The molecule has 150 valence electrons. The molecule has 0 saturated heterocycles. The molecule has 0 aliphatic carbocycles. The van der Waals surface area contributed by atoms with Crippen LogP contribution < -0.4 is 14.8 Å². The minimum absolute atomic E-state index is 0.250. The standard InChI is InChI=1S/C22H18N4O3S/c1-13-24-18(12-30-13)14-3-2-4-16(9-14)25-22(27)17-11-23-26-21(17)15-5-6-19-20(10-15)29-8-7-28-19/h2-6,9-12H,7-8H2,1H3,(H,23,26)(H,25,27). The van der Waals surface area contributed by atoms with E-state index in [0.717, 1.165) is 21.8 Å². The predicted molar refractivity (Wildman–Crippen MR) is 115 cm³/mol. The number of aryl methyl sites for hydroxylation is 1. The van der Waals surface area contributed by atoms with Gasteiger partial charge in [-0.15, -0.1) is 11.3 Å². The van der Waals surface area contributed by atoms with Gasteiger partial charge in [-0.2, -0.15) is 5.10 Å². The summed E-state index contributed by atoms with van der Waals surface area (Å²) in [5.41, 5.74) is 4.41. The highest BCUT2D eigenvalue weighted by molar-refractivity contribution is 7.09. The number of anilines is 1. The number of nitrogens with zero attached hydrogens (tertiary/aromatic N) is 2. The zero-order valence-corrected chi connectivity index (χ0v) is 17.0. The largest absolute Gasteiger partial charge is 0.486 e. The molecule has 7 nitrogen and oxygen atoms in total. The van der Waals surface area contributed by atoms with Crippen LogP contribution in [0.25, 0.3) is 22.5 Å². The number of benzene rings is 2. The van der Waals surface area contributed by atoms with Crippen molar-refractivity contribution in [2.24, 2.45) is 0 Å². The molecule has 0 saturated carbocycles. The second-order valence-electron chi connectivity index (χ2n) is 6.80. The highest BCUT2D eigenvalue weighted by Crippen LogP contribution is 2.35. The molecule has 2 aromatic carbocycles. The molecule has 0 atom stereocenters. The summed E-state index contributed by atoms with van der Waals surface area (Å²) in [5, 5.41) is 13.0. The van der Waals surface area contributed by atoms with Crippen LogP contribution in [0.1, 0.15) is 15.4 Å². The van der Waals surface area contributed by atoms with Gasteiger partial charge in [0, 0.05) is 22.2 Å². The van der Waals surface area contributed by atoms with E-state index in [1.54, 1.807) is 11.3 Å². The molecule has 3 heterocycles. The number of fused-ring (bicyclic) bond motifs is 1. The zero-order valence-electron chi connectivity index (χ0n) is 16.1. The van der Waals surface area contributed by atoms with E-state index in [2.05, 4.69) is 20.5 Å². The van der Waals surface area contributed by atoms with Crippen LogP contribution in [-0.2, 0) is 0 Å². The first kappa shape index (κ1) is 18.4. The number of aromatic amines is 1. The molecule has 0 spiro atoms. The monoisotopic (exact) mass is 418 g/mol. The zero-order chi connectivity index (χ0) is 20.5. The third-order valence-electron chi connectivity index (χ3n) is 4.75. The van der Waals surface area contributed by atoms with Crippen molar-refractivity contribution < 1.29 is 14.3 Å². The van der Waals surface area contributed by atoms with E-state index in [4.69, 9.17) is 9.47 Å². The van der Waals surface area contributed by atoms with Crippen LogP contribution in [0.3, 0.4) is 0 Å². The van der Waals surface area contributed by atoms with Crippen molar-refractivity contribution in [2.45, 2.75) is 6.92 Å². The molecule has 0 bridgehead atoms. The predicted octanol–water partition coefficient (Wildman–Crippen LogP) is 4.53. The molecule has 30 heavy (non-hydrogen) atoms. The Morgan fingerprint density at radius 3 is 2.80 bits per heavy atom. The van der Waals surface area contributed by atoms with Crippen molar-refractivity contribution in [1.29, 1.82) is 0 Å². The molecule has 8 heteroatoms. The number of H-pyrrole nitrogens is 1. The molecular weight excluding hydrogens is 400 g/mol. The third kappa shape index (κ3) is 3.53. The highest BCUT2D eigenvalue weighted by Gasteiger charge is 2.19. The van der Waals surface area contributed by atoms with E-state index in [1.165, 1.54) is 6.20 Å². The van der Waals surface area contributed by atoms with Crippen molar-refractivity contribution in [3.8, 4) is 34.0 Å². The van der Waals surface area contributed by atoms with Crippen LogP contribution in [-0.4, -0.2) is 34.3 Å². The minimum atomic E-state index is -0.250. The van der Waals surface area contributed by atoms with E-state index in [0.29, 0.717) is 41.7 Å². The Morgan fingerprint density at radius 2 is 1.97 bits per heavy atom. The van der Waals surface area contributed by atoms with Crippen molar-refractivity contribution in [1.82, 2.24) is 15.2 Å². The van der Waals surface area contributed by atoms with Gasteiger partial charge in [-0.05, 0) is 37.3 Å². The molecule has 0 radical (unpaired) electrons. The van der Waals surface area contributed by atoms with Crippen molar-refractivity contribution >= 4 is 22.9 Å². The maximum atomic E-state index is 13.0. The molecular formula is C22H18N4O3S. The topological polar surface area (TPSA) is 89.1 Å². The number of thiazole rings is 1. The number of rotatable bonds is 4. The summed E-state index contributed by atoms with van der Waals surface area (Å²) in [6.45, 7) is 3.00. The summed E-state index contributed by atoms with van der Waals surface area (Å²) in [7, 11) is 0. The SMILES string of the molecule is Cc1nc(-c2cccc(NC(=O)c3cn[nH]c3-c3ccc4c(c3)OCCO4)c2)cs1. The highest BCUT2D eigenvalue weighted by atomic mass is 32.1. The first-order valence-electron chi connectivity index (χ1n) is 9.45. The maximum Gasteiger partial charge on any atom is 0.259 e. The number of ether oxygens (including phenoxy) is 2. The fourth-order valence-corrected chi connectivity index (χ4v) is 3.95. The molecule has 1 amide bonds. The first-order valence-corrected chi connectivity index (χ1v) is 10.3. The van der Waals surface area contributed by atoms with Gasteiger partial charge in [-0.25, -0.2) is 4.98 Å². The summed E-state index contributed by atoms with van der Waals surface area (Å²) >= 11 is 1.60. The van der Waals surface area contributed by atoms with Gasteiger partial charge in [0.25, 0.3) is 5.91 Å². The van der Waals surface area contributed by atoms with Crippen molar-refractivity contribution in [2.75, 3.05) is 18.5 Å². The van der Waals surface area contributed by atoms with Crippen LogP contribution in [0, 0.1) is 6.92 Å². The molecule has 1 aliphatic rings. The molecule has 2 aromatic heterocycles. The summed E-state index contributed by atoms with van der Waals surface area (Å²) in [6.07, 6.45) is 1.52. The summed E-state index contributed by atoms with van der Waals surface area (Å²) in [6, 6.07) is 13.2. The summed E-state index contributed by atoms with van der Waals surface area (Å²) in [4.78, 5) is 17.5.